The lowest BCUT2D eigenvalue weighted by Crippen LogP contribution is -2.23. The standard InChI is InChI=1S/C23H22F3N3O3S/c1-31-17-9-7-15(8-10-17)18-13-20(23(24,25)26)29-22(28-18)33-12-11-21(30)27-14-16-5-3-4-6-19(16)32-2/h3-10,13H,11-12,14H2,1-2H3,(H,27,30). The molecular formula is C23H22F3N3O3S. The van der Waals surface area contributed by atoms with Crippen molar-refractivity contribution in [2.24, 2.45) is 0 Å². The SMILES string of the molecule is COc1ccc(-c2cc(C(F)(F)F)nc(SCCC(=O)NCc3ccccc3OC)n2)cc1. The molecule has 0 bridgehead atoms. The molecule has 6 nitrogen and oxygen atoms in total. The van der Waals surface area contributed by atoms with Crippen molar-refractivity contribution in [3.05, 3.63) is 65.9 Å². The average molecular weight is 478 g/mol. The summed E-state index contributed by atoms with van der Waals surface area (Å²) in [5.41, 5.74) is 0.431. The summed E-state index contributed by atoms with van der Waals surface area (Å²) < 4.78 is 50.4. The maximum atomic E-state index is 13.4. The second kappa shape index (κ2) is 11.0. The zero-order valence-electron chi connectivity index (χ0n) is 18.0. The van der Waals surface area contributed by atoms with E-state index in [2.05, 4.69) is 15.3 Å². The average Bonchev–Trinajstić information content (AvgIpc) is 2.82. The van der Waals surface area contributed by atoms with Crippen molar-refractivity contribution in [2.45, 2.75) is 24.3 Å². The molecule has 1 amide bonds. The number of carbonyl (C=O) groups is 1. The minimum atomic E-state index is -4.62. The predicted molar refractivity (Wildman–Crippen MR) is 119 cm³/mol. The Hall–Kier alpha value is -3.27. The van der Waals surface area contributed by atoms with Crippen LogP contribution in [0.5, 0.6) is 11.5 Å². The molecule has 1 N–H and O–H groups in total. The highest BCUT2D eigenvalue weighted by molar-refractivity contribution is 7.99. The molecule has 3 rings (SSSR count). The van der Waals surface area contributed by atoms with E-state index in [0.717, 1.165) is 23.4 Å². The highest BCUT2D eigenvalue weighted by Crippen LogP contribution is 2.32. The summed E-state index contributed by atoms with van der Waals surface area (Å²) in [6.07, 6.45) is -4.52. The number of hydrogen-bond donors (Lipinski definition) is 1. The Morgan fingerprint density at radius 2 is 1.76 bits per heavy atom. The molecule has 1 heterocycles. The maximum absolute atomic E-state index is 13.4. The number of amides is 1. The van der Waals surface area contributed by atoms with Crippen molar-refractivity contribution in [2.75, 3.05) is 20.0 Å². The zero-order chi connectivity index (χ0) is 23.8. The number of aromatic nitrogens is 2. The molecule has 0 atom stereocenters. The number of nitrogens with one attached hydrogen (secondary N) is 1. The lowest BCUT2D eigenvalue weighted by Gasteiger charge is -2.11. The number of para-hydroxylation sites is 1. The summed E-state index contributed by atoms with van der Waals surface area (Å²) in [6, 6.07) is 14.7. The lowest BCUT2D eigenvalue weighted by molar-refractivity contribution is -0.141. The van der Waals surface area contributed by atoms with E-state index in [-0.39, 0.29) is 35.5 Å². The van der Waals surface area contributed by atoms with E-state index in [4.69, 9.17) is 9.47 Å². The number of benzene rings is 2. The highest BCUT2D eigenvalue weighted by atomic mass is 32.2. The minimum absolute atomic E-state index is 0.0480. The Morgan fingerprint density at radius 1 is 1.03 bits per heavy atom. The van der Waals surface area contributed by atoms with Crippen LogP contribution in [0.25, 0.3) is 11.3 Å². The normalized spacial score (nSPS) is 11.2. The Morgan fingerprint density at radius 3 is 2.42 bits per heavy atom. The molecule has 0 aliphatic carbocycles. The molecule has 1 aromatic heterocycles. The van der Waals surface area contributed by atoms with Crippen LogP contribution in [0.4, 0.5) is 13.2 Å². The van der Waals surface area contributed by atoms with Crippen LogP contribution in [0.15, 0.2) is 59.8 Å². The van der Waals surface area contributed by atoms with Crippen LogP contribution in [0, 0.1) is 0 Å². The molecule has 0 saturated carbocycles. The molecule has 10 heteroatoms. The second-order valence-corrected chi connectivity index (χ2v) is 7.90. The number of halogens is 3. The van der Waals surface area contributed by atoms with Gasteiger partial charge in [-0.15, -0.1) is 0 Å². The topological polar surface area (TPSA) is 73.3 Å². The number of hydrogen-bond acceptors (Lipinski definition) is 6. The maximum Gasteiger partial charge on any atom is 0.433 e. The smallest absolute Gasteiger partial charge is 0.433 e. The predicted octanol–water partition coefficient (Wildman–Crippen LogP) is 4.98. The van der Waals surface area contributed by atoms with Crippen molar-refractivity contribution in [3.63, 3.8) is 0 Å². The number of methoxy groups -OCH3 is 2. The Bertz CT molecular complexity index is 1090. The molecule has 33 heavy (non-hydrogen) atoms. The third kappa shape index (κ3) is 6.85. The van der Waals surface area contributed by atoms with E-state index >= 15 is 0 Å². The number of nitrogens with zero attached hydrogens (tertiary/aromatic N) is 2. The molecule has 0 unspecified atom stereocenters. The fourth-order valence-corrected chi connectivity index (χ4v) is 3.71. The van der Waals surface area contributed by atoms with E-state index in [1.165, 1.54) is 7.11 Å². The van der Waals surface area contributed by atoms with Gasteiger partial charge in [0.15, 0.2) is 5.16 Å². The van der Waals surface area contributed by atoms with Gasteiger partial charge >= 0.3 is 6.18 Å². The monoisotopic (exact) mass is 477 g/mol. The van der Waals surface area contributed by atoms with Crippen LogP contribution in [0.2, 0.25) is 0 Å². The summed E-state index contributed by atoms with van der Waals surface area (Å²) in [6.45, 7) is 0.287. The number of rotatable bonds is 9. The molecule has 2 aromatic carbocycles. The quantitative estimate of drug-likeness (QED) is 0.346. The van der Waals surface area contributed by atoms with Crippen molar-refractivity contribution in [3.8, 4) is 22.8 Å². The molecule has 3 aromatic rings. The molecule has 0 saturated heterocycles. The van der Waals surface area contributed by atoms with Crippen molar-refractivity contribution in [1.82, 2.24) is 15.3 Å². The summed E-state index contributed by atoms with van der Waals surface area (Å²) in [5.74, 6) is 1.23. The van der Waals surface area contributed by atoms with E-state index < -0.39 is 11.9 Å². The van der Waals surface area contributed by atoms with Crippen molar-refractivity contribution < 1.29 is 27.4 Å². The molecule has 174 valence electrons. The largest absolute Gasteiger partial charge is 0.497 e. The third-order valence-electron chi connectivity index (χ3n) is 4.61. The molecule has 0 fully saturated rings. The highest BCUT2D eigenvalue weighted by Gasteiger charge is 2.33. The number of ether oxygens (including phenoxy) is 2. The van der Waals surface area contributed by atoms with Crippen LogP contribution in [0.3, 0.4) is 0 Å². The molecule has 0 radical (unpaired) electrons. The summed E-state index contributed by atoms with van der Waals surface area (Å²) in [5, 5.41) is 2.73. The van der Waals surface area contributed by atoms with Gasteiger partial charge in [0.05, 0.1) is 19.9 Å². The van der Waals surface area contributed by atoms with Gasteiger partial charge in [-0.2, -0.15) is 13.2 Å². The number of carbonyl (C=O) groups excluding carboxylic acids is 1. The third-order valence-corrected chi connectivity index (χ3v) is 5.46. The molecular weight excluding hydrogens is 455 g/mol. The van der Waals surface area contributed by atoms with Crippen molar-refractivity contribution in [1.29, 1.82) is 0 Å². The minimum Gasteiger partial charge on any atom is -0.497 e. The van der Waals surface area contributed by atoms with Gasteiger partial charge in [0.25, 0.3) is 0 Å². The van der Waals surface area contributed by atoms with E-state index in [1.807, 2.05) is 18.2 Å². The van der Waals surface area contributed by atoms with Crippen LogP contribution in [-0.4, -0.2) is 35.8 Å². The first kappa shape index (κ1) is 24.4. The van der Waals surface area contributed by atoms with Gasteiger partial charge in [-0.1, -0.05) is 30.0 Å². The second-order valence-electron chi connectivity index (χ2n) is 6.83. The van der Waals surface area contributed by atoms with Gasteiger partial charge in [-0.25, -0.2) is 9.97 Å². The molecule has 0 spiro atoms. The van der Waals surface area contributed by atoms with Gasteiger partial charge < -0.3 is 14.8 Å². The Balaban J connectivity index is 1.65. The van der Waals surface area contributed by atoms with Gasteiger partial charge in [-0.05, 0) is 36.4 Å². The van der Waals surface area contributed by atoms with Crippen LogP contribution >= 0.6 is 11.8 Å². The first-order valence-electron chi connectivity index (χ1n) is 9.92. The zero-order valence-corrected chi connectivity index (χ0v) is 18.8. The van der Waals surface area contributed by atoms with E-state index in [9.17, 15) is 18.0 Å². The summed E-state index contributed by atoms with van der Waals surface area (Å²) in [4.78, 5) is 20.1. The lowest BCUT2D eigenvalue weighted by atomic mass is 10.1. The fourth-order valence-electron chi connectivity index (χ4n) is 2.91. The molecule has 0 aliphatic heterocycles. The first-order chi connectivity index (χ1) is 15.8. The Kier molecular flexibility index (Phi) is 8.16. The first-order valence-corrected chi connectivity index (χ1v) is 10.9. The number of thioether (sulfide) groups is 1. The van der Waals surface area contributed by atoms with E-state index in [1.54, 1.807) is 37.4 Å². The summed E-state index contributed by atoms with van der Waals surface area (Å²) >= 11 is 0.992. The van der Waals surface area contributed by atoms with Gasteiger partial charge in [0, 0.05) is 29.8 Å². The van der Waals surface area contributed by atoms with Gasteiger partial charge in [0.1, 0.15) is 17.2 Å². The van der Waals surface area contributed by atoms with Crippen LogP contribution < -0.4 is 14.8 Å². The van der Waals surface area contributed by atoms with Gasteiger partial charge in [0.2, 0.25) is 5.91 Å². The fraction of sp³-hybridized carbons (Fsp3) is 0.261. The molecule has 0 aliphatic rings. The Labute approximate surface area is 193 Å². The summed E-state index contributed by atoms with van der Waals surface area (Å²) in [7, 11) is 3.05. The van der Waals surface area contributed by atoms with E-state index in [0.29, 0.717) is 17.1 Å². The van der Waals surface area contributed by atoms with Gasteiger partial charge in [-0.3, -0.25) is 4.79 Å². The number of alkyl halides is 3. The van der Waals surface area contributed by atoms with Crippen LogP contribution in [-0.2, 0) is 17.5 Å². The van der Waals surface area contributed by atoms with Crippen molar-refractivity contribution >= 4 is 17.7 Å². The van der Waals surface area contributed by atoms with Crippen LogP contribution in [0.1, 0.15) is 17.7 Å².